The van der Waals surface area contributed by atoms with Gasteiger partial charge in [0, 0.05) is 24.9 Å². The SMILES string of the molecule is COC(CN)CC(=O)NC1CCCC1SC. The molecule has 3 atom stereocenters. The van der Waals surface area contributed by atoms with Crippen LogP contribution >= 0.6 is 11.8 Å². The highest BCUT2D eigenvalue weighted by molar-refractivity contribution is 7.99. The van der Waals surface area contributed by atoms with Crippen molar-refractivity contribution in [3.05, 3.63) is 0 Å². The van der Waals surface area contributed by atoms with Gasteiger partial charge in [-0.1, -0.05) is 6.42 Å². The Bertz CT molecular complexity index is 222. The quantitative estimate of drug-likeness (QED) is 0.726. The molecule has 0 aromatic rings. The van der Waals surface area contributed by atoms with Gasteiger partial charge in [0.2, 0.25) is 5.91 Å². The summed E-state index contributed by atoms with van der Waals surface area (Å²) in [6.07, 6.45) is 5.82. The molecule has 1 saturated carbocycles. The molecule has 5 heteroatoms. The summed E-state index contributed by atoms with van der Waals surface area (Å²) in [6.45, 7) is 0.389. The summed E-state index contributed by atoms with van der Waals surface area (Å²) < 4.78 is 5.10. The van der Waals surface area contributed by atoms with Crippen molar-refractivity contribution in [3.63, 3.8) is 0 Å². The van der Waals surface area contributed by atoms with Crippen LogP contribution in [0.15, 0.2) is 0 Å². The van der Waals surface area contributed by atoms with Crippen molar-refractivity contribution in [3.8, 4) is 0 Å². The molecule has 3 N–H and O–H groups in total. The largest absolute Gasteiger partial charge is 0.380 e. The van der Waals surface area contributed by atoms with E-state index in [0.717, 1.165) is 6.42 Å². The molecular formula is C11H22N2O2S. The topological polar surface area (TPSA) is 64.3 Å². The van der Waals surface area contributed by atoms with Crippen LogP contribution in [0.1, 0.15) is 25.7 Å². The zero-order chi connectivity index (χ0) is 12.0. The normalized spacial score (nSPS) is 26.7. The van der Waals surface area contributed by atoms with Crippen molar-refractivity contribution in [1.29, 1.82) is 0 Å². The Morgan fingerprint density at radius 1 is 1.62 bits per heavy atom. The molecule has 0 spiro atoms. The Morgan fingerprint density at radius 3 is 2.94 bits per heavy atom. The number of carbonyl (C=O) groups is 1. The lowest BCUT2D eigenvalue weighted by Gasteiger charge is -2.20. The van der Waals surface area contributed by atoms with Crippen molar-refractivity contribution >= 4 is 17.7 Å². The minimum Gasteiger partial charge on any atom is -0.380 e. The molecule has 1 aliphatic carbocycles. The third-order valence-electron chi connectivity index (χ3n) is 3.11. The van der Waals surface area contributed by atoms with E-state index in [1.165, 1.54) is 12.8 Å². The second-order valence-electron chi connectivity index (χ2n) is 4.18. The van der Waals surface area contributed by atoms with Gasteiger partial charge in [0.25, 0.3) is 0 Å². The van der Waals surface area contributed by atoms with E-state index in [-0.39, 0.29) is 12.0 Å². The summed E-state index contributed by atoms with van der Waals surface area (Å²) >= 11 is 1.84. The van der Waals surface area contributed by atoms with Crippen molar-refractivity contribution in [2.75, 3.05) is 19.9 Å². The number of rotatable bonds is 6. The molecule has 1 rings (SSSR count). The zero-order valence-electron chi connectivity index (χ0n) is 10.1. The Balaban J connectivity index is 2.33. The molecule has 16 heavy (non-hydrogen) atoms. The average Bonchev–Trinajstić information content (AvgIpc) is 2.73. The molecule has 3 unspecified atom stereocenters. The highest BCUT2D eigenvalue weighted by atomic mass is 32.2. The Kier molecular flexibility index (Phi) is 6.16. The monoisotopic (exact) mass is 246 g/mol. The van der Waals surface area contributed by atoms with Crippen molar-refractivity contribution in [2.24, 2.45) is 5.73 Å². The number of amides is 1. The summed E-state index contributed by atoms with van der Waals surface area (Å²) in [5.74, 6) is 0.0586. The van der Waals surface area contributed by atoms with Crippen LogP contribution in [-0.4, -0.2) is 43.2 Å². The number of hydrogen-bond donors (Lipinski definition) is 2. The van der Waals surface area contributed by atoms with Crippen LogP contribution in [-0.2, 0) is 9.53 Å². The maximum Gasteiger partial charge on any atom is 0.222 e. The van der Waals surface area contributed by atoms with Gasteiger partial charge in [0.1, 0.15) is 0 Å². The van der Waals surface area contributed by atoms with Gasteiger partial charge in [0.15, 0.2) is 0 Å². The van der Waals surface area contributed by atoms with Crippen LogP contribution in [0, 0.1) is 0 Å². The minimum absolute atomic E-state index is 0.0586. The first-order valence-corrected chi connectivity index (χ1v) is 7.05. The van der Waals surface area contributed by atoms with Gasteiger partial charge >= 0.3 is 0 Å². The number of methoxy groups -OCH3 is 1. The summed E-state index contributed by atoms with van der Waals surface area (Å²) in [4.78, 5) is 11.7. The minimum atomic E-state index is -0.158. The van der Waals surface area contributed by atoms with E-state index in [1.807, 2.05) is 11.8 Å². The van der Waals surface area contributed by atoms with Crippen LogP contribution in [0.4, 0.5) is 0 Å². The first-order valence-electron chi connectivity index (χ1n) is 5.76. The van der Waals surface area contributed by atoms with E-state index in [1.54, 1.807) is 7.11 Å². The van der Waals surface area contributed by atoms with E-state index < -0.39 is 0 Å². The van der Waals surface area contributed by atoms with Crippen molar-refractivity contribution in [2.45, 2.75) is 43.1 Å². The van der Waals surface area contributed by atoms with E-state index in [9.17, 15) is 4.79 Å². The van der Waals surface area contributed by atoms with Crippen LogP contribution in [0.2, 0.25) is 0 Å². The van der Waals surface area contributed by atoms with Gasteiger partial charge < -0.3 is 15.8 Å². The molecule has 94 valence electrons. The van der Waals surface area contributed by atoms with Gasteiger partial charge in [-0.05, 0) is 19.1 Å². The molecule has 0 aromatic carbocycles. The molecule has 0 radical (unpaired) electrons. The molecule has 1 fully saturated rings. The number of nitrogens with two attached hydrogens (primary N) is 1. The third kappa shape index (κ3) is 3.96. The first-order chi connectivity index (χ1) is 7.71. The summed E-state index contributed by atoms with van der Waals surface area (Å²) in [5.41, 5.74) is 5.48. The lowest BCUT2D eigenvalue weighted by molar-refractivity contribution is -0.124. The van der Waals surface area contributed by atoms with Gasteiger partial charge in [-0.3, -0.25) is 4.79 Å². The van der Waals surface area contributed by atoms with Crippen molar-refractivity contribution in [1.82, 2.24) is 5.32 Å². The summed E-state index contributed by atoms with van der Waals surface area (Å²) in [7, 11) is 1.59. The molecule has 0 aliphatic heterocycles. The number of ether oxygens (including phenoxy) is 1. The predicted octanol–water partition coefficient (Wildman–Crippen LogP) is 0.751. The molecule has 1 amide bonds. The molecule has 0 saturated heterocycles. The Labute approximate surface area is 102 Å². The average molecular weight is 246 g/mol. The fraction of sp³-hybridized carbons (Fsp3) is 0.909. The number of hydrogen-bond acceptors (Lipinski definition) is 4. The fourth-order valence-electron chi connectivity index (χ4n) is 2.11. The van der Waals surface area contributed by atoms with Crippen LogP contribution in [0.3, 0.4) is 0 Å². The second kappa shape index (κ2) is 7.14. The third-order valence-corrected chi connectivity index (χ3v) is 4.28. The maximum atomic E-state index is 11.7. The zero-order valence-corrected chi connectivity index (χ0v) is 10.9. The predicted molar refractivity (Wildman–Crippen MR) is 67.6 cm³/mol. The number of thioether (sulfide) groups is 1. The number of carbonyl (C=O) groups excluding carboxylic acids is 1. The Hall–Kier alpha value is -0.260. The highest BCUT2D eigenvalue weighted by Gasteiger charge is 2.28. The van der Waals surface area contributed by atoms with Crippen LogP contribution in [0.25, 0.3) is 0 Å². The van der Waals surface area contributed by atoms with Crippen molar-refractivity contribution < 1.29 is 9.53 Å². The van der Waals surface area contributed by atoms with Crippen LogP contribution < -0.4 is 11.1 Å². The molecule has 4 nitrogen and oxygen atoms in total. The lowest BCUT2D eigenvalue weighted by Crippen LogP contribution is -2.41. The van der Waals surface area contributed by atoms with Gasteiger partial charge in [-0.25, -0.2) is 0 Å². The smallest absolute Gasteiger partial charge is 0.222 e. The summed E-state index contributed by atoms with van der Waals surface area (Å²) in [5, 5.41) is 3.66. The van der Waals surface area contributed by atoms with E-state index in [2.05, 4.69) is 11.6 Å². The molecule has 0 bridgehead atoms. The van der Waals surface area contributed by atoms with Gasteiger partial charge in [-0.15, -0.1) is 0 Å². The van der Waals surface area contributed by atoms with Gasteiger partial charge in [0.05, 0.1) is 12.5 Å². The van der Waals surface area contributed by atoms with E-state index >= 15 is 0 Å². The summed E-state index contributed by atoms with van der Waals surface area (Å²) in [6, 6.07) is 0.331. The first kappa shape index (κ1) is 13.8. The molecule has 0 aromatic heterocycles. The van der Waals surface area contributed by atoms with E-state index in [0.29, 0.717) is 24.3 Å². The van der Waals surface area contributed by atoms with E-state index in [4.69, 9.17) is 10.5 Å². The molecular weight excluding hydrogens is 224 g/mol. The molecule has 1 aliphatic rings. The Morgan fingerprint density at radius 2 is 2.38 bits per heavy atom. The number of nitrogens with one attached hydrogen (secondary N) is 1. The standard InChI is InChI=1S/C11H22N2O2S/c1-15-8(7-12)6-11(14)13-9-4-3-5-10(9)16-2/h8-10H,3-7,12H2,1-2H3,(H,13,14). The fourth-order valence-corrected chi connectivity index (χ4v) is 3.04. The maximum absolute atomic E-state index is 11.7. The lowest BCUT2D eigenvalue weighted by atomic mass is 10.2. The van der Waals surface area contributed by atoms with Crippen LogP contribution in [0.5, 0.6) is 0 Å². The second-order valence-corrected chi connectivity index (χ2v) is 5.25. The molecule has 0 heterocycles. The van der Waals surface area contributed by atoms with Gasteiger partial charge in [-0.2, -0.15) is 11.8 Å². The highest BCUT2D eigenvalue weighted by Crippen LogP contribution is 2.28.